The highest BCUT2D eigenvalue weighted by molar-refractivity contribution is 7.09. The first-order valence-electron chi connectivity index (χ1n) is 3.04. The SMILES string of the molecule is CC(N)C(O)c1cncs1. The molecule has 1 heterocycles. The lowest BCUT2D eigenvalue weighted by atomic mass is 10.2. The zero-order valence-corrected chi connectivity index (χ0v) is 6.51. The summed E-state index contributed by atoms with van der Waals surface area (Å²) in [6.45, 7) is 1.77. The minimum absolute atomic E-state index is 0.222. The molecule has 0 spiro atoms. The third kappa shape index (κ3) is 1.53. The van der Waals surface area contributed by atoms with E-state index in [0.29, 0.717) is 0 Å². The molecule has 1 aromatic rings. The van der Waals surface area contributed by atoms with Gasteiger partial charge >= 0.3 is 0 Å². The molecule has 0 aliphatic heterocycles. The quantitative estimate of drug-likeness (QED) is 0.659. The number of aliphatic hydroxyl groups is 1. The van der Waals surface area contributed by atoms with Gasteiger partial charge in [-0.05, 0) is 6.92 Å². The Kier molecular flexibility index (Phi) is 2.37. The maximum Gasteiger partial charge on any atom is 0.105 e. The molecule has 0 bridgehead atoms. The second kappa shape index (κ2) is 3.09. The van der Waals surface area contributed by atoms with Gasteiger partial charge in [0.1, 0.15) is 6.10 Å². The van der Waals surface area contributed by atoms with Crippen LogP contribution >= 0.6 is 11.3 Å². The summed E-state index contributed by atoms with van der Waals surface area (Å²) in [6, 6.07) is -0.222. The lowest BCUT2D eigenvalue weighted by Gasteiger charge is -2.10. The molecule has 1 rings (SSSR count). The standard InChI is InChI=1S/C6H10N2OS/c1-4(7)6(9)5-2-8-3-10-5/h2-4,6,9H,7H2,1H3. The van der Waals surface area contributed by atoms with Crippen molar-refractivity contribution in [1.82, 2.24) is 4.98 Å². The van der Waals surface area contributed by atoms with E-state index in [-0.39, 0.29) is 6.04 Å². The van der Waals surface area contributed by atoms with Crippen LogP contribution in [0.1, 0.15) is 17.9 Å². The summed E-state index contributed by atoms with van der Waals surface area (Å²) in [5.41, 5.74) is 7.14. The second-order valence-corrected chi connectivity index (χ2v) is 3.13. The first-order chi connectivity index (χ1) is 4.72. The van der Waals surface area contributed by atoms with Crippen LogP contribution in [0.25, 0.3) is 0 Å². The Bertz CT molecular complexity index is 186. The van der Waals surface area contributed by atoms with Crippen molar-refractivity contribution in [2.75, 3.05) is 0 Å². The average Bonchev–Trinajstić information content (AvgIpc) is 2.36. The molecular weight excluding hydrogens is 148 g/mol. The van der Waals surface area contributed by atoms with Crippen LogP contribution in [-0.2, 0) is 0 Å². The Hall–Kier alpha value is -0.450. The van der Waals surface area contributed by atoms with Crippen molar-refractivity contribution in [2.24, 2.45) is 5.73 Å². The topological polar surface area (TPSA) is 59.1 Å². The van der Waals surface area contributed by atoms with Crippen LogP contribution in [0.4, 0.5) is 0 Å². The van der Waals surface area contributed by atoms with E-state index in [1.807, 2.05) is 0 Å². The molecule has 2 unspecified atom stereocenters. The predicted octanol–water partition coefficient (Wildman–Crippen LogP) is 0.524. The minimum atomic E-state index is -0.563. The van der Waals surface area contributed by atoms with Gasteiger partial charge in [-0.2, -0.15) is 0 Å². The summed E-state index contributed by atoms with van der Waals surface area (Å²) in [5.74, 6) is 0. The van der Waals surface area contributed by atoms with Gasteiger partial charge in [-0.3, -0.25) is 4.98 Å². The van der Waals surface area contributed by atoms with Gasteiger partial charge in [-0.15, -0.1) is 11.3 Å². The molecule has 3 nitrogen and oxygen atoms in total. The van der Waals surface area contributed by atoms with E-state index in [2.05, 4.69) is 4.98 Å². The summed E-state index contributed by atoms with van der Waals surface area (Å²) in [5, 5.41) is 9.33. The molecule has 0 radical (unpaired) electrons. The van der Waals surface area contributed by atoms with Crippen LogP contribution in [0.3, 0.4) is 0 Å². The number of aromatic nitrogens is 1. The molecule has 1 aromatic heterocycles. The van der Waals surface area contributed by atoms with Gasteiger partial charge in [-0.25, -0.2) is 0 Å². The normalized spacial score (nSPS) is 16.7. The van der Waals surface area contributed by atoms with E-state index >= 15 is 0 Å². The van der Waals surface area contributed by atoms with Crippen LogP contribution in [-0.4, -0.2) is 16.1 Å². The number of thiazole rings is 1. The second-order valence-electron chi connectivity index (χ2n) is 2.21. The summed E-state index contributed by atoms with van der Waals surface area (Å²) in [7, 11) is 0. The third-order valence-electron chi connectivity index (χ3n) is 1.24. The van der Waals surface area contributed by atoms with Crippen LogP contribution in [0.5, 0.6) is 0 Å². The molecule has 3 N–H and O–H groups in total. The van der Waals surface area contributed by atoms with Gasteiger partial charge < -0.3 is 10.8 Å². The molecular formula is C6H10N2OS. The van der Waals surface area contributed by atoms with Crippen LogP contribution in [0.2, 0.25) is 0 Å². The molecule has 2 atom stereocenters. The minimum Gasteiger partial charge on any atom is -0.386 e. The molecule has 0 fully saturated rings. The zero-order valence-electron chi connectivity index (χ0n) is 5.69. The number of aliphatic hydroxyl groups excluding tert-OH is 1. The van der Waals surface area contributed by atoms with E-state index in [0.717, 1.165) is 4.88 Å². The van der Waals surface area contributed by atoms with Gasteiger partial charge in [0.05, 0.1) is 10.4 Å². The first-order valence-corrected chi connectivity index (χ1v) is 3.92. The fourth-order valence-corrected chi connectivity index (χ4v) is 1.35. The lowest BCUT2D eigenvalue weighted by Crippen LogP contribution is -2.23. The van der Waals surface area contributed by atoms with Crippen molar-refractivity contribution in [3.8, 4) is 0 Å². The van der Waals surface area contributed by atoms with Crippen LogP contribution < -0.4 is 5.73 Å². The van der Waals surface area contributed by atoms with Crippen molar-refractivity contribution in [2.45, 2.75) is 19.1 Å². The highest BCUT2D eigenvalue weighted by atomic mass is 32.1. The first kappa shape index (κ1) is 7.65. The Morgan fingerprint density at radius 1 is 1.80 bits per heavy atom. The highest BCUT2D eigenvalue weighted by Gasteiger charge is 2.12. The molecule has 0 aromatic carbocycles. The Labute approximate surface area is 63.5 Å². The smallest absolute Gasteiger partial charge is 0.105 e. The lowest BCUT2D eigenvalue weighted by molar-refractivity contribution is 0.157. The summed E-state index contributed by atoms with van der Waals surface area (Å²) >= 11 is 1.42. The predicted molar refractivity (Wildman–Crippen MR) is 40.7 cm³/mol. The van der Waals surface area contributed by atoms with Crippen molar-refractivity contribution < 1.29 is 5.11 Å². The number of hydrogen-bond donors (Lipinski definition) is 2. The maximum atomic E-state index is 9.33. The third-order valence-corrected chi connectivity index (χ3v) is 2.09. The molecule has 0 saturated carbocycles. The van der Waals surface area contributed by atoms with Gasteiger partial charge in [0.15, 0.2) is 0 Å². The van der Waals surface area contributed by atoms with Crippen molar-refractivity contribution in [3.63, 3.8) is 0 Å². The summed E-state index contributed by atoms with van der Waals surface area (Å²) in [4.78, 5) is 4.66. The average molecular weight is 158 g/mol. The molecule has 56 valence electrons. The molecule has 0 aliphatic rings. The molecule has 4 heteroatoms. The fraction of sp³-hybridized carbons (Fsp3) is 0.500. The van der Waals surface area contributed by atoms with E-state index in [1.165, 1.54) is 11.3 Å². The van der Waals surface area contributed by atoms with E-state index in [1.54, 1.807) is 18.6 Å². The number of nitrogens with two attached hydrogens (primary N) is 1. The molecule has 0 amide bonds. The van der Waals surface area contributed by atoms with Crippen molar-refractivity contribution in [3.05, 3.63) is 16.6 Å². The Balaban J connectivity index is 2.68. The van der Waals surface area contributed by atoms with Crippen molar-refractivity contribution in [1.29, 1.82) is 0 Å². The fourth-order valence-electron chi connectivity index (χ4n) is 0.631. The van der Waals surface area contributed by atoms with Crippen LogP contribution in [0.15, 0.2) is 11.7 Å². The van der Waals surface area contributed by atoms with E-state index in [9.17, 15) is 5.11 Å². The number of hydrogen-bond acceptors (Lipinski definition) is 4. The molecule has 0 saturated heterocycles. The van der Waals surface area contributed by atoms with Crippen LogP contribution in [0, 0.1) is 0 Å². The van der Waals surface area contributed by atoms with Gasteiger partial charge in [-0.1, -0.05) is 0 Å². The monoisotopic (exact) mass is 158 g/mol. The van der Waals surface area contributed by atoms with Crippen molar-refractivity contribution >= 4 is 11.3 Å². The van der Waals surface area contributed by atoms with E-state index in [4.69, 9.17) is 5.73 Å². The Morgan fingerprint density at radius 3 is 2.90 bits per heavy atom. The number of nitrogens with zero attached hydrogens (tertiary/aromatic N) is 1. The number of rotatable bonds is 2. The van der Waals surface area contributed by atoms with E-state index < -0.39 is 6.10 Å². The van der Waals surface area contributed by atoms with Gasteiger partial charge in [0.25, 0.3) is 0 Å². The zero-order chi connectivity index (χ0) is 7.56. The molecule has 10 heavy (non-hydrogen) atoms. The summed E-state index contributed by atoms with van der Waals surface area (Å²) in [6.07, 6.45) is 1.08. The molecule has 0 aliphatic carbocycles. The van der Waals surface area contributed by atoms with Gasteiger partial charge in [0, 0.05) is 12.2 Å². The Morgan fingerprint density at radius 2 is 2.50 bits per heavy atom. The largest absolute Gasteiger partial charge is 0.386 e. The highest BCUT2D eigenvalue weighted by Crippen LogP contribution is 2.18. The summed E-state index contributed by atoms with van der Waals surface area (Å²) < 4.78 is 0. The van der Waals surface area contributed by atoms with Gasteiger partial charge in [0.2, 0.25) is 0 Å². The maximum absolute atomic E-state index is 9.33.